The van der Waals surface area contributed by atoms with Crippen molar-refractivity contribution >= 4 is 35.0 Å². The molecule has 1 aromatic carbocycles. The van der Waals surface area contributed by atoms with Crippen molar-refractivity contribution in [2.75, 3.05) is 0 Å². The lowest BCUT2D eigenvalue weighted by Gasteiger charge is -2.11. The zero-order valence-electron chi connectivity index (χ0n) is 11.1. The predicted molar refractivity (Wildman–Crippen MR) is 86.8 cm³/mol. The van der Waals surface area contributed by atoms with Crippen molar-refractivity contribution in [2.24, 2.45) is 5.73 Å². The summed E-state index contributed by atoms with van der Waals surface area (Å²) in [6, 6.07) is 9.82. The van der Waals surface area contributed by atoms with Crippen molar-refractivity contribution in [3.05, 3.63) is 52.1 Å². The number of hydrogen-bond acceptors (Lipinski definition) is 3. The third kappa shape index (κ3) is 4.13. The van der Waals surface area contributed by atoms with Crippen LogP contribution in [0.4, 0.5) is 0 Å². The Morgan fingerprint density at radius 2 is 2.05 bits per heavy atom. The Kier molecular flexibility index (Phi) is 5.73. The number of rotatable bonds is 5. The monoisotopic (exact) mass is 326 g/mol. The van der Waals surface area contributed by atoms with Crippen molar-refractivity contribution in [3.63, 3.8) is 0 Å². The third-order valence-electron chi connectivity index (χ3n) is 2.95. The van der Waals surface area contributed by atoms with Gasteiger partial charge in [-0.25, -0.2) is 4.98 Å². The Balaban J connectivity index is 2.16. The second-order valence-electron chi connectivity index (χ2n) is 4.53. The Morgan fingerprint density at radius 1 is 1.25 bits per heavy atom. The summed E-state index contributed by atoms with van der Waals surface area (Å²) in [5, 5.41) is 2.09. The molecule has 0 radical (unpaired) electrons. The minimum atomic E-state index is 0.176. The van der Waals surface area contributed by atoms with E-state index in [2.05, 4.69) is 18.0 Å². The molecule has 0 saturated heterocycles. The molecular weight excluding hydrogens is 311 g/mol. The van der Waals surface area contributed by atoms with Gasteiger partial charge in [-0.2, -0.15) is 0 Å². The van der Waals surface area contributed by atoms with Crippen molar-refractivity contribution in [3.8, 4) is 0 Å². The lowest BCUT2D eigenvalue weighted by atomic mass is 10.1. The van der Waals surface area contributed by atoms with Gasteiger partial charge in [-0.05, 0) is 42.7 Å². The Hall–Kier alpha value is -0.740. The van der Waals surface area contributed by atoms with Crippen LogP contribution in [0.2, 0.25) is 10.0 Å². The maximum atomic E-state index is 6.33. The van der Waals surface area contributed by atoms with E-state index in [1.54, 1.807) is 6.20 Å². The molecule has 2 aromatic rings. The van der Waals surface area contributed by atoms with Gasteiger partial charge in [0.2, 0.25) is 0 Å². The lowest BCUT2D eigenvalue weighted by Crippen LogP contribution is -2.21. The molecule has 0 aliphatic carbocycles. The second-order valence-corrected chi connectivity index (χ2v) is 6.37. The predicted octanol–water partition coefficient (Wildman–Crippen LogP) is 4.82. The van der Waals surface area contributed by atoms with Gasteiger partial charge >= 0.3 is 0 Å². The molecule has 5 heteroatoms. The van der Waals surface area contributed by atoms with Crippen LogP contribution >= 0.6 is 35.0 Å². The van der Waals surface area contributed by atoms with Crippen LogP contribution in [0.25, 0.3) is 0 Å². The van der Waals surface area contributed by atoms with Gasteiger partial charge in [0.15, 0.2) is 0 Å². The maximum Gasteiger partial charge on any atom is 0.119 e. The third-order valence-corrected chi connectivity index (χ3v) is 4.89. The minimum absolute atomic E-state index is 0.176. The number of nitrogens with zero attached hydrogens (tertiary/aromatic N) is 1. The number of nitrogens with two attached hydrogens (primary N) is 1. The summed E-state index contributed by atoms with van der Waals surface area (Å²) in [5.41, 5.74) is 7.11. The van der Waals surface area contributed by atoms with Gasteiger partial charge in [0.25, 0.3) is 0 Å². The first-order chi connectivity index (χ1) is 9.60. The van der Waals surface area contributed by atoms with Crippen LogP contribution in [0.5, 0.6) is 0 Å². The van der Waals surface area contributed by atoms with E-state index in [4.69, 9.17) is 28.9 Å². The van der Waals surface area contributed by atoms with Crippen molar-refractivity contribution in [1.29, 1.82) is 0 Å². The molecule has 1 aromatic heterocycles. The quantitative estimate of drug-likeness (QED) is 0.856. The summed E-state index contributed by atoms with van der Waals surface area (Å²) in [6.45, 7) is 2.08. The molecule has 1 heterocycles. The number of halogens is 2. The number of pyridine rings is 1. The standard InChI is InChI=1S/C15H16Cl2N2S/c1-2-11(18)8-10-5-6-14(13(17)9-10)20-15-12(16)4-3-7-19-15/h3-7,9,11H,2,8,18H2,1H3. The molecule has 106 valence electrons. The minimum Gasteiger partial charge on any atom is -0.327 e. The number of hydrogen-bond donors (Lipinski definition) is 1. The van der Waals surface area contributed by atoms with Gasteiger partial charge < -0.3 is 5.73 Å². The van der Waals surface area contributed by atoms with Crippen molar-refractivity contribution < 1.29 is 0 Å². The molecule has 0 spiro atoms. The first-order valence-electron chi connectivity index (χ1n) is 6.42. The zero-order valence-corrected chi connectivity index (χ0v) is 13.5. The van der Waals surface area contributed by atoms with E-state index in [0.717, 1.165) is 28.3 Å². The first kappa shape index (κ1) is 15.6. The average Bonchev–Trinajstić information content (AvgIpc) is 2.44. The van der Waals surface area contributed by atoms with Crippen LogP contribution in [0.3, 0.4) is 0 Å². The van der Waals surface area contributed by atoms with Gasteiger partial charge in [0, 0.05) is 17.1 Å². The summed E-state index contributed by atoms with van der Waals surface area (Å²) < 4.78 is 0. The summed E-state index contributed by atoms with van der Waals surface area (Å²) in [4.78, 5) is 5.20. The topological polar surface area (TPSA) is 38.9 Å². The molecular formula is C15H16Cl2N2S. The van der Waals surface area contributed by atoms with E-state index in [-0.39, 0.29) is 6.04 Å². The zero-order chi connectivity index (χ0) is 14.5. The van der Waals surface area contributed by atoms with E-state index in [9.17, 15) is 0 Å². The lowest BCUT2D eigenvalue weighted by molar-refractivity contribution is 0.646. The molecule has 2 N–H and O–H groups in total. The fourth-order valence-corrected chi connectivity index (χ4v) is 3.09. The summed E-state index contributed by atoms with van der Waals surface area (Å²) in [5.74, 6) is 0. The van der Waals surface area contributed by atoms with E-state index < -0.39 is 0 Å². The highest BCUT2D eigenvalue weighted by Crippen LogP contribution is 2.36. The summed E-state index contributed by atoms with van der Waals surface area (Å²) in [7, 11) is 0. The first-order valence-corrected chi connectivity index (χ1v) is 7.99. The second kappa shape index (κ2) is 7.32. The van der Waals surface area contributed by atoms with E-state index in [0.29, 0.717) is 10.0 Å². The molecule has 20 heavy (non-hydrogen) atoms. The van der Waals surface area contributed by atoms with Gasteiger partial charge in [0.05, 0.1) is 10.0 Å². The van der Waals surface area contributed by atoms with Crippen molar-refractivity contribution in [2.45, 2.75) is 35.7 Å². The molecule has 0 amide bonds. The van der Waals surface area contributed by atoms with Crippen LogP contribution in [0, 0.1) is 0 Å². The van der Waals surface area contributed by atoms with Crippen LogP contribution in [-0.2, 0) is 6.42 Å². The van der Waals surface area contributed by atoms with E-state index in [1.165, 1.54) is 11.8 Å². The highest BCUT2D eigenvalue weighted by Gasteiger charge is 2.09. The number of benzene rings is 1. The molecule has 0 saturated carbocycles. The van der Waals surface area contributed by atoms with E-state index >= 15 is 0 Å². The normalized spacial score (nSPS) is 12.4. The molecule has 2 nitrogen and oxygen atoms in total. The fraction of sp³-hybridized carbons (Fsp3) is 0.267. The highest BCUT2D eigenvalue weighted by atomic mass is 35.5. The molecule has 1 unspecified atom stereocenters. The van der Waals surface area contributed by atoms with Crippen LogP contribution in [0.15, 0.2) is 46.5 Å². The molecule has 0 aliphatic heterocycles. The van der Waals surface area contributed by atoms with Gasteiger partial charge in [0.1, 0.15) is 5.03 Å². The molecule has 2 rings (SSSR count). The molecule has 0 bridgehead atoms. The number of aromatic nitrogens is 1. The Labute approximate surface area is 133 Å². The Morgan fingerprint density at radius 3 is 2.70 bits per heavy atom. The van der Waals surface area contributed by atoms with Crippen LogP contribution in [0.1, 0.15) is 18.9 Å². The van der Waals surface area contributed by atoms with Crippen LogP contribution < -0.4 is 5.73 Å². The summed E-state index contributed by atoms with van der Waals surface area (Å²) in [6.07, 6.45) is 3.51. The Bertz CT molecular complexity index is 590. The SMILES string of the molecule is CCC(N)Cc1ccc(Sc2ncccc2Cl)c(Cl)c1. The average molecular weight is 327 g/mol. The molecule has 0 aliphatic rings. The molecule has 0 fully saturated rings. The van der Waals surface area contributed by atoms with Gasteiger partial charge in [-0.1, -0.05) is 48.0 Å². The summed E-state index contributed by atoms with van der Waals surface area (Å²) >= 11 is 13.9. The van der Waals surface area contributed by atoms with Crippen LogP contribution in [-0.4, -0.2) is 11.0 Å². The highest BCUT2D eigenvalue weighted by molar-refractivity contribution is 7.99. The van der Waals surface area contributed by atoms with Crippen molar-refractivity contribution in [1.82, 2.24) is 4.98 Å². The largest absolute Gasteiger partial charge is 0.327 e. The maximum absolute atomic E-state index is 6.33. The fourth-order valence-electron chi connectivity index (χ4n) is 1.75. The van der Waals surface area contributed by atoms with Gasteiger partial charge in [-0.15, -0.1) is 0 Å². The molecule has 1 atom stereocenters. The smallest absolute Gasteiger partial charge is 0.119 e. The van der Waals surface area contributed by atoms with E-state index in [1.807, 2.05) is 24.3 Å². The van der Waals surface area contributed by atoms with Gasteiger partial charge in [-0.3, -0.25) is 0 Å².